The maximum absolute atomic E-state index is 14.6. The zero-order valence-electron chi connectivity index (χ0n) is 13.8. The second-order valence-corrected chi connectivity index (χ2v) is 7.12. The number of carbonyl (C=O) groups is 1. The van der Waals surface area contributed by atoms with Crippen molar-refractivity contribution in [1.29, 1.82) is 0 Å². The van der Waals surface area contributed by atoms with E-state index in [1.807, 2.05) is 24.3 Å². The van der Waals surface area contributed by atoms with Gasteiger partial charge in [-0.1, -0.05) is 36.7 Å². The number of para-hydroxylation sites is 2. The normalized spacial score (nSPS) is 22.4. The lowest BCUT2D eigenvalue weighted by Crippen LogP contribution is -2.27. The number of Topliss-reactive ketones (excluding diaryl/α,β-unsaturated/α-hetero) is 1. The van der Waals surface area contributed by atoms with Crippen LogP contribution in [0.25, 0.3) is 0 Å². The number of hydrogen-bond acceptors (Lipinski definition) is 3. The molecule has 0 aromatic heterocycles. The summed E-state index contributed by atoms with van der Waals surface area (Å²) < 4.78 is 14.6. The number of nitrogens with one attached hydrogen (secondary N) is 2. The number of anilines is 2. The van der Waals surface area contributed by atoms with Crippen molar-refractivity contribution < 1.29 is 9.18 Å². The van der Waals surface area contributed by atoms with Crippen LogP contribution in [-0.4, -0.2) is 5.78 Å². The summed E-state index contributed by atoms with van der Waals surface area (Å²) in [6.07, 6.45) is 1.21. The second-order valence-electron chi connectivity index (χ2n) is 6.71. The highest BCUT2D eigenvalue weighted by Gasteiger charge is 2.36. The molecule has 2 N–H and O–H groups in total. The van der Waals surface area contributed by atoms with Gasteiger partial charge in [0.25, 0.3) is 0 Å². The van der Waals surface area contributed by atoms with E-state index in [9.17, 15) is 9.18 Å². The monoisotopic (exact) mass is 356 g/mol. The van der Waals surface area contributed by atoms with E-state index in [1.54, 1.807) is 12.1 Å². The van der Waals surface area contributed by atoms with Crippen molar-refractivity contribution in [3.05, 3.63) is 70.1 Å². The standard InChI is InChI=1S/C20H18ClFN2O/c1-11-9-16-19(17(25)10-11)20(18-12(21)5-4-6-13(18)22)24-15-8-3-2-7-14(15)23-16/h2-8,11,20,23-24H,9-10H2,1H3/t11-,20-/m0/s1. The third-order valence-electron chi connectivity index (χ3n) is 4.80. The lowest BCUT2D eigenvalue weighted by Gasteiger charge is -2.28. The molecular formula is C20H18ClFN2O. The summed E-state index contributed by atoms with van der Waals surface area (Å²) in [5, 5.41) is 7.04. The van der Waals surface area contributed by atoms with Crippen LogP contribution in [0, 0.1) is 11.7 Å². The first-order valence-corrected chi connectivity index (χ1v) is 8.75. The lowest BCUT2D eigenvalue weighted by molar-refractivity contribution is -0.117. The summed E-state index contributed by atoms with van der Waals surface area (Å²) in [4.78, 5) is 12.8. The highest BCUT2D eigenvalue weighted by molar-refractivity contribution is 6.31. The van der Waals surface area contributed by atoms with E-state index in [4.69, 9.17) is 11.6 Å². The average molecular weight is 357 g/mol. The van der Waals surface area contributed by atoms with E-state index in [1.165, 1.54) is 6.07 Å². The first kappa shape index (κ1) is 16.2. The maximum atomic E-state index is 14.6. The number of ketones is 1. The minimum atomic E-state index is -0.611. The molecule has 2 aliphatic rings. The summed E-state index contributed by atoms with van der Waals surface area (Å²) >= 11 is 6.32. The quantitative estimate of drug-likeness (QED) is 0.727. The number of fused-ring (bicyclic) bond motifs is 1. The zero-order chi connectivity index (χ0) is 17.6. The topological polar surface area (TPSA) is 41.1 Å². The summed E-state index contributed by atoms with van der Waals surface area (Å²) in [5.74, 6) is -0.130. The average Bonchev–Trinajstić information content (AvgIpc) is 2.71. The molecule has 5 heteroatoms. The Hall–Kier alpha value is -2.33. The molecule has 2 aromatic carbocycles. The first-order valence-electron chi connectivity index (χ1n) is 8.37. The van der Waals surface area contributed by atoms with Crippen molar-refractivity contribution in [2.24, 2.45) is 5.92 Å². The number of hydrogen-bond donors (Lipinski definition) is 2. The van der Waals surface area contributed by atoms with Crippen molar-refractivity contribution in [1.82, 2.24) is 0 Å². The second kappa shape index (κ2) is 6.19. The van der Waals surface area contributed by atoms with Crippen LogP contribution < -0.4 is 10.6 Å². The van der Waals surface area contributed by atoms with Crippen LogP contribution >= 0.6 is 11.6 Å². The molecule has 0 amide bonds. The van der Waals surface area contributed by atoms with Crippen LogP contribution in [0.1, 0.15) is 31.4 Å². The lowest BCUT2D eigenvalue weighted by atomic mass is 9.82. The van der Waals surface area contributed by atoms with Gasteiger partial charge in [-0.25, -0.2) is 4.39 Å². The molecule has 25 heavy (non-hydrogen) atoms. The van der Waals surface area contributed by atoms with Crippen LogP contribution in [0.4, 0.5) is 15.8 Å². The summed E-state index contributed by atoms with van der Waals surface area (Å²) in [6, 6.07) is 11.7. The van der Waals surface area contributed by atoms with Gasteiger partial charge in [-0.15, -0.1) is 0 Å². The number of benzene rings is 2. The predicted molar refractivity (Wildman–Crippen MR) is 98.3 cm³/mol. The third kappa shape index (κ3) is 2.81. The fourth-order valence-electron chi connectivity index (χ4n) is 3.69. The van der Waals surface area contributed by atoms with Gasteiger partial charge in [-0.2, -0.15) is 0 Å². The summed E-state index contributed by atoms with van der Waals surface area (Å²) in [7, 11) is 0. The Morgan fingerprint density at radius 1 is 1.08 bits per heavy atom. The fraction of sp³-hybridized carbons (Fsp3) is 0.250. The first-order chi connectivity index (χ1) is 12.0. The van der Waals surface area contributed by atoms with Crippen LogP contribution in [-0.2, 0) is 4.79 Å². The Morgan fingerprint density at radius 2 is 1.84 bits per heavy atom. The van der Waals surface area contributed by atoms with E-state index in [0.717, 1.165) is 23.5 Å². The summed E-state index contributed by atoms with van der Waals surface area (Å²) in [6.45, 7) is 2.05. The molecule has 128 valence electrons. The van der Waals surface area contributed by atoms with Crippen molar-refractivity contribution in [2.45, 2.75) is 25.8 Å². The number of rotatable bonds is 1. The Kier molecular flexibility index (Phi) is 4.00. The molecule has 1 aliphatic carbocycles. The number of halogens is 2. The van der Waals surface area contributed by atoms with Crippen LogP contribution in [0.15, 0.2) is 53.7 Å². The molecule has 0 radical (unpaired) electrons. The molecule has 0 spiro atoms. The third-order valence-corrected chi connectivity index (χ3v) is 5.13. The Labute approximate surface area is 150 Å². The molecule has 2 aromatic rings. The van der Waals surface area contributed by atoms with E-state index >= 15 is 0 Å². The molecule has 0 saturated carbocycles. The van der Waals surface area contributed by atoms with E-state index in [2.05, 4.69) is 17.6 Å². The SMILES string of the molecule is C[C@@H]1CC(=O)C2=C(C1)Nc1ccccc1N[C@H]2c1c(F)cccc1Cl. The molecule has 3 nitrogen and oxygen atoms in total. The Balaban J connectivity index is 1.94. The minimum absolute atomic E-state index is 0.0332. The Bertz CT molecular complexity index is 873. The van der Waals surface area contributed by atoms with Crippen LogP contribution in [0.5, 0.6) is 0 Å². The van der Waals surface area contributed by atoms with Gasteiger partial charge in [0, 0.05) is 28.3 Å². The van der Waals surface area contributed by atoms with E-state index in [0.29, 0.717) is 22.6 Å². The molecule has 4 rings (SSSR count). The van der Waals surface area contributed by atoms with Gasteiger partial charge in [0.05, 0.1) is 17.4 Å². The predicted octanol–water partition coefficient (Wildman–Crippen LogP) is 5.31. The molecule has 0 saturated heterocycles. The highest BCUT2D eigenvalue weighted by atomic mass is 35.5. The fourth-order valence-corrected chi connectivity index (χ4v) is 3.96. The van der Waals surface area contributed by atoms with Gasteiger partial charge in [0.2, 0.25) is 0 Å². The van der Waals surface area contributed by atoms with Gasteiger partial charge >= 0.3 is 0 Å². The Morgan fingerprint density at radius 3 is 2.60 bits per heavy atom. The van der Waals surface area contributed by atoms with Crippen molar-refractivity contribution in [3.8, 4) is 0 Å². The molecule has 0 unspecified atom stereocenters. The number of carbonyl (C=O) groups excluding carboxylic acids is 1. The smallest absolute Gasteiger partial charge is 0.163 e. The van der Waals surface area contributed by atoms with E-state index in [-0.39, 0.29) is 11.7 Å². The van der Waals surface area contributed by atoms with E-state index < -0.39 is 11.9 Å². The number of allylic oxidation sites excluding steroid dienone is 1. The van der Waals surface area contributed by atoms with Crippen LogP contribution in [0.2, 0.25) is 5.02 Å². The zero-order valence-corrected chi connectivity index (χ0v) is 14.5. The van der Waals surface area contributed by atoms with Crippen molar-refractivity contribution in [3.63, 3.8) is 0 Å². The molecule has 0 bridgehead atoms. The van der Waals surface area contributed by atoms with Crippen LogP contribution in [0.3, 0.4) is 0 Å². The largest absolute Gasteiger partial charge is 0.372 e. The minimum Gasteiger partial charge on any atom is -0.372 e. The molecule has 1 aliphatic heterocycles. The molecule has 1 heterocycles. The van der Waals surface area contributed by atoms with Gasteiger partial charge in [0.15, 0.2) is 5.78 Å². The highest BCUT2D eigenvalue weighted by Crippen LogP contribution is 2.43. The van der Waals surface area contributed by atoms with Gasteiger partial charge in [-0.3, -0.25) is 4.79 Å². The van der Waals surface area contributed by atoms with Gasteiger partial charge in [0.1, 0.15) is 5.82 Å². The molecular weight excluding hydrogens is 339 g/mol. The maximum Gasteiger partial charge on any atom is 0.163 e. The summed E-state index contributed by atoms with van der Waals surface area (Å²) in [5.41, 5.74) is 3.46. The van der Waals surface area contributed by atoms with Gasteiger partial charge in [-0.05, 0) is 36.6 Å². The van der Waals surface area contributed by atoms with Gasteiger partial charge < -0.3 is 10.6 Å². The van der Waals surface area contributed by atoms with Crippen molar-refractivity contribution in [2.75, 3.05) is 10.6 Å². The van der Waals surface area contributed by atoms with Crippen molar-refractivity contribution >= 4 is 28.8 Å². The molecule has 0 fully saturated rings. The molecule has 2 atom stereocenters.